The minimum atomic E-state index is -3.62. The Morgan fingerprint density at radius 2 is 1.67 bits per heavy atom. The second kappa shape index (κ2) is 12.5. The zero-order valence-corrected chi connectivity index (χ0v) is 26.6. The number of nitrogens with one attached hydrogen (secondary N) is 1. The van der Waals surface area contributed by atoms with Crippen LogP contribution >= 0.6 is 0 Å². The standard InChI is InChI=1S/C31H39N7O7S/c1-20(2)24-18-25(28(40)19-27(24)39)29-32-33-30(41)38(29)23-3-4-26-22(17-23)8-10-34(26)9-5-21-6-11-36(12-7-21)46(44,45)37-15-13-35(14-16-37)31(42)43/h3-4,8,10,17-21,39-40H,5-7,9,11-16H2,1-2H3,(H,33,41)(H,42,43). The monoisotopic (exact) mass is 653 g/mol. The second-order valence-electron chi connectivity index (χ2n) is 12.3. The van der Waals surface area contributed by atoms with Gasteiger partial charge in [0.05, 0.1) is 11.3 Å². The number of aromatic hydroxyl groups is 2. The van der Waals surface area contributed by atoms with Crippen LogP contribution in [-0.4, -0.2) is 102 Å². The van der Waals surface area contributed by atoms with Crippen molar-refractivity contribution in [1.82, 2.24) is 32.8 Å². The number of piperidine rings is 1. The summed E-state index contributed by atoms with van der Waals surface area (Å²) < 4.78 is 32.8. The van der Waals surface area contributed by atoms with Crippen LogP contribution < -0.4 is 5.69 Å². The van der Waals surface area contributed by atoms with Gasteiger partial charge in [-0.1, -0.05) is 13.8 Å². The Morgan fingerprint density at radius 3 is 2.35 bits per heavy atom. The highest BCUT2D eigenvalue weighted by Crippen LogP contribution is 2.37. The fourth-order valence-electron chi connectivity index (χ4n) is 6.50. The van der Waals surface area contributed by atoms with E-state index in [2.05, 4.69) is 14.8 Å². The summed E-state index contributed by atoms with van der Waals surface area (Å²) in [4.78, 5) is 25.3. The molecule has 2 aliphatic heterocycles. The van der Waals surface area contributed by atoms with Crippen molar-refractivity contribution in [2.75, 3.05) is 39.3 Å². The van der Waals surface area contributed by atoms with Crippen molar-refractivity contribution in [1.29, 1.82) is 0 Å². The molecule has 2 saturated heterocycles. The van der Waals surface area contributed by atoms with Gasteiger partial charge in [0.25, 0.3) is 10.2 Å². The van der Waals surface area contributed by atoms with Gasteiger partial charge in [-0.25, -0.2) is 19.3 Å². The molecule has 4 heterocycles. The van der Waals surface area contributed by atoms with E-state index in [4.69, 9.17) is 5.11 Å². The zero-order valence-electron chi connectivity index (χ0n) is 25.8. The number of phenols is 2. The normalized spacial score (nSPS) is 17.3. The van der Waals surface area contributed by atoms with E-state index in [0.29, 0.717) is 35.8 Å². The quantitative estimate of drug-likeness (QED) is 0.224. The molecule has 15 heteroatoms. The molecule has 2 aliphatic rings. The van der Waals surface area contributed by atoms with Crippen LogP contribution in [0.1, 0.15) is 44.6 Å². The number of rotatable bonds is 8. The molecule has 0 radical (unpaired) electrons. The van der Waals surface area contributed by atoms with Gasteiger partial charge >= 0.3 is 11.8 Å². The van der Waals surface area contributed by atoms with Crippen LogP contribution in [0.25, 0.3) is 28.0 Å². The molecule has 2 aromatic heterocycles. The van der Waals surface area contributed by atoms with E-state index in [1.165, 1.54) is 24.1 Å². The smallest absolute Gasteiger partial charge is 0.407 e. The van der Waals surface area contributed by atoms with Crippen molar-refractivity contribution in [3.63, 3.8) is 0 Å². The molecular weight excluding hydrogens is 614 g/mol. The highest BCUT2D eigenvalue weighted by Gasteiger charge is 2.35. The number of hydrogen-bond donors (Lipinski definition) is 4. The number of hydrogen-bond acceptors (Lipinski definition) is 7. The van der Waals surface area contributed by atoms with Crippen LogP contribution in [0, 0.1) is 5.92 Å². The summed E-state index contributed by atoms with van der Waals surface area (Å²) in [6.45, 7) is 6.20. The molecule has 46 heavy (non-hydrogen) atoms. The minimum absolute atomic E-state index is 0.0106. The molecule has 2 fully saturated rings. The fraction of sp³-hybridized carbons (Fsp3) is 0.452. The Kier molecular flexibility index (Phi) is 8.56. The first-order valence-corrected chi connectivity index (χ1v) is 16.9. The van der Waals surface area contributed by atoms with E-state index in [-0.39, 0.29) is 49.4 Å². The van der Waals surface area contributed by atoms with Gasteiger partial charge in [-0.15, -0.1) is 0 Å². The third-order valence-electron chi connectivity index (χ3n) is 9.21. The Balaban J connectivity index is 1.12. The summed E-state index contributed by atoms with van der Waals surface area (Å²) in [6.07, 6.45) is 3.38. The molecule has 0 unspecified atom stereocenters. The number of carbonyl (C=O) groups is 1. The SMILES string of the molecule is CC(C)c1cc(-c2n[nH]c(=O)n2-c2ccc3c(ccn3CCC3CCN(S(=O)(=O)N4CCN(C(=O)O)CC4)CC3)c2)c(O)cc1O. The average Bonchev–Trinajstić information content (AvgIpc) is 3.62. The topological polar surface area (TPSA) is 177 Å². The first-order valence-electron chi connectivity index (χ1n) is 15.5. The number of piperazine rings is 1. The van der Waals surface area contributed by atoms with E-state index >= 15 is 0 Å². The Morgan fingerprint density at radius 1 is 0.978 bits per heavy atom. The molecule has 1 amide bonds. The lowest BCUT2D eigenvalue weighted by atomic mass is 9.95. The number of phenolic OH excluding ortho intramolecular Hbond substituents is 2. The van der Waals surface area contributed by atoms with E-state index in [9.17, 15) is 28.2 Å². The first kappa shape index (κ1) is 31.6. The highest BCUT2D eigenvalue weighted by atomic mass is 32.2. The van der Waals surface area contributed by atoms with Gasteiger partial charge in [-0.3, -0.25) is 0 Å². The highest BCUT2D eigenvalue weighted by molar-refractivity contribution is 7.86. The van der Waals surface area contributed by atoms with Crippen molar-refractivity contribution in [2.24, 2.45) is 5.92 Å². The molecular formula is C31H39N7O7S. The molecule has 6 rings (SSSR count). The van der Waals surface area contributed by atoms with Gasteiger partial charge < -0.3 is 24.8 Å². The fourth-order valence-corrected chi connectivity index (χ4v) is 8.12. The van der Waals surface area contributed by atoms with Gasteiger partial charge in [0, 0.05) is 69.0 Å². The first-order chi connectivity index (χ1) is 21.9. The summed E-state index contributed by atoms with van der Waals surface area (Å²) in [5.41, 5.74) is 2.08. The van der Waals surface area contributed by atoms with Gasteiger partial charge in [0.15, 0.2) is 5.82 Å². The zero-order chi connectivity index (χ0) is 32.7. The third kappa shape index (κ3) is 5.97. The lowest BCUT2D eigenvalue weighted by Gasteiger charge is -2.38. The van der Waals surface area contributed by atoms with E-state index in [1.54, 1.807) is 6.07 Å². The van der Waals surface area contributed by atoms with Crippen LogP contribution in [0.3, 0.4) is 0 Å². The van der Waals surface area contributed by atoms with E-state index in [1.807, 2.05) is 44.3 Å². The Labute approximate surface area is 266 Å². The maximum atomic E-state index is 13.2. The average molecular weight is 654 g/mol. The van der Waals surface area contributed by atoms with Crippen LogP contribution in [0.15, 0.2) is 47.4 Å². The number of fused-ring (bicyclic) bond motifs is 1. The number of amides is 1. The molecule has 0 aliphatic carbocycles. The number of aromatic amines is 1. The molecule has 4 aromatic rings. The van der Waals surface area contributed by atoms with Crippen molar-refractivity contribution in [3.05, 3.63) is 58.6 Å². The summed E-state index contributed by atoms with van der Waals surface area (Å²) in [7, 11) is -3.62. The van der Waals surface area contributed by atoms with Crippen molar-refractivity contribution >= 4 is 27.2 Å². The Hall–Kier alpha value is -4.34. The van der Waals surface area contributed by atoms with Crippen molar-refractivity contribution < 1.29 is 28.5 Å². The van der Waals surface area contributed by atoms with Crippen LogP contribution in [0.5, 0.6) is 11.5 Å². The number of aryl methyl sites for hydroxylation is 1. The summed E-state index contributed by atoms with van der Waals surface area (Å²) in [6, 6.07) is 10.6. The predicted octanol–water partition coefficient (Wildman–Crippen LogP) is 3.36. The molecule has 246 valence electrons. The molecule has 14 nitrogen and oxygen atoms in total. The Bertz CT molecular complexity index is 1910. The largest absolute Gasteiger partial charge is 0.508 e. The van der Waals surface area contributed by atoms with E-state index in [0.717, 1.165) is 36.7 Å². The van der Waals surface area contributed by atoms with Crippen molar-refractivity contribution in [2.45, 2.75) is 45.6 Å². The summed E-state index contributed by atoms with van der Waals surface area (Å²) >= 11 is 0. The lowest BCUT2D eigenvalue weighted by Crippen LogP contribution is -2.55. The van der Waals surface area contributed by atoms with Crippen LogP contribution in [-0.2, 0) is 16.8 Å². The number of nitrogens with zero attached hydrogens (tertiary/aromatic N) is 6. The molecule has 0 spiro atoms. The molecule has 4 N–H and O–H groups in total. The van der Waals surface area contributed by atoms with Gasteiger partial charge in [-0.2, -0.15) is 22.1 Å². The van der Waals surface area contributed by atoms with E-state index < -0.39 is 22.0 Å². The number of aromatic nitrogens is 4. The number of benzene rings is 2. The number of H-pyrrole nitrogens is 1. The van der Waals surface area contributed by atoms with Crippen LogP contribution in [0.4, 0.5) is 4.79 Å². The molecule has 0 atom stereocenters. The molecule has 0 saturated carbocycles. The van der Waals surface area contributed by atoms with Crippen LogP contribution in [0.2, 0.25) is 0 Å². The number of carboxylic acid groups (broad SMARTS) is 1. The summed E-state index contributed by atoms with van der Waals surface area (Å²) in [5.74, 6) is 0.388. The minimum Gasteiger partial charge on any atom is -0.508 e. The van der Waals surface area contributed by atoms with Crippen molar-refractivity contribution in [3.8, 4) is 28.6 Å². The molecule has 2 aromatic carbocycles. The van der Waals surface area contributed by atoms with Gasteiger partial charge in [0.2, 0.25) is 0 Å². The lowest BCUT2D eigenvalue weighted by molar-refractivity contribution is 0.123. The van der Waals surface area contributed by atoms with Gasteiger partial charge in [0.1, 0.15) is 11.5 Å². The third-order valence-corrected chi connectivity index (χ3v) is 11.2. The molecule has 0 bridgehead atoms. The second-order valence-corrected chi connectivity index (χ2v) is 14.3. The maximum Gasteiger partial charge on any atom is 0.407 e. The summed E-state index contributed by atoms with van der Waals surface area (Å²) in [5, 5.41) is 37.7. The predicted molar refractivity (Wildman–Crippen MR) is 172 cm³/mol. The van der Waals surface area contributed by atoms with Gasteiger partial charge in [-0.05, 0) is 67.0 Å². The maximum absolute atomic E-state index is 13.2.